The molecule has 0 atom stereocenters. The van der Waals surface area contributed by atoms with E-state index in [2.05, 4.69) is 11.6 Å². The summed E-state index contributed by atoms with van der Waals surface area (Å²) in [5.74, 6) is 0.603. The van der Waals surface area contributed by atoms with Crippen LogP contribution in [-0.4, -0.2) is 16.7 Å². The van der Waals surface area contributed by atoms with Gasteiger partial charge in [0.15, 0.2) is 0 Å². The molecule has 1 N–H and O–H groups in total. The first-order chi connectivity index (χ1) is 7.13. The third-order valence-corrected chi connectivity index (χ3v) is 2.12. The molecule has 82 valence electrons. The van der Waals surface area contributed by atoms with E-state index >= 15 is 0 Å². The van der Waals surface area contributed by atoms with Crippen LogP contribution < -0.4 is 4.74 Å². The molecule has 1 rings (SSSR count). The predicted molar refractivity (Wildman–Crippen MR) is 59.8 cm³/mol. The van der Waals surface area contributed by atoms with Crippen LogP contribution in [0.2, 0.25) is 0 Å². The molecule has 0 saturated carbocycles. The lowest BCUT2D eigenvalue weighted by Crippen LogP contribution is -2.01. The third-order valence-electron chi connectivity index (χ3n) is 2.12. The Hall–Kier alpha value is -1.35. The fourth-order valence-electron chi connectivity index (χ4n) is 1.14. The van der Waals surface area contributed by atoms with Gasteiger partial charge in [-0.2, -0.15) is 0 Å². The van der Waals surface area contributed by atoms with Crippen molar-refractivity contribution in [1.82, 2.24) is 4.98 Å². The summed E-state index contributed by atoms with van der Waals surface area (Å²) in [5, 5.41) is 8.97. The van der Waals surface area contributed by atoms with Crippen molar-refractivity contribution in [2.45, 2.75) is 26.9 Å². The van der Waals surface area contributed by atoms with Crippen molar-refractivity contribution >= 4 is 0 Å². The molecular weight excluding hydrogens is 190 g/mol. The average Bonchev–Trinajstić information content (AvgIpc) is 2.17. The normalized spacial score (nSPS) is 10.1. The summed E-state index contributed by atoms with van der Waals surface area (Å²) >= 11 is 0. The van der Waals surface area contributed by atoms with Gasteiger partial charge in [-0.05, 0) is 25.5 Å². The smallest absolute Gasteiger partial charge is 0.213 e. The van der Waals surface area contributed by atoms with Crippen LogP contribution in [0, 0.1) is 6.92 Å². The molecule has 0 aliphatic heterocycles. The van der Waals surface area contributed by atoms with E-state index in [1.807, 2.05) is 19.9 Å². The SMILES string of the molecule is C=C(C)CCOc1ccc(CO)c(C)n1. The molecule has 0 aliphatic carbocycles. The number of aromatic nitrogens is 1. The third kappa shape index (κ3) is 3.72. The molecule has 1 heterocycles. The summed E-state index contributed by atoms with van der Waals surface area (Å²) in [4.78, 5) is 4.23. The van der Waals surface area contributed by atoms with E-state index in [0.29, 0.717) is 12.5 Å². The molecule has 0 amide bonds. The van der Waals surface area contributed by atoms with Crippen LogP contribution in [0.4, 0.5) is 0 Å². The molecule has 0 aromatic carbocycles. The minimum Gasteiger partial charge on any atom is -0.477 e. The highest BCUT2D eigenvalue weighted by Gasteiger charge is 2.01. The average molecular weight is 207 g/mol. The van der Waals surface area contributed by atoms with Crippen molar-refractivity contribution in [3.8, 4) is 5.88 Å². The van der Waals surface area contributed by atoms with Gasteiger partial charge in [0.25, 0.3) is 0 Å². The number of nitrogens with zero attached hydrogens (tertiary/aromatic N) is 1. The number of ether oxygens (including phenoxy) is 1. The number of aliphatic hydroxyl groups excluding tert-OH is 1. The quantitative estimate of drug-likeness (QED) is 0.753. The van der Waals surface area contributed by atoms with Crippen LogP contribution in [0.3, 0.4) is 0 Å². The second kappa shape index (κ2) is 5.51. The first kappa shape index (κ1) is 11.7. The van der Waals surface area contributed by atoms with Gasteiger partial charge in [-0.1, -0.05) is 5.57 Å². The van der Waals surface area contributed by atoms with Crippen molar-refractivity contribution in [1.29, 1.82) is 0 Å². The Morgan fingerprint density at radius 3 is 2.80 bits per heavy atom. The zero-order chi connectivity index (χ0) is 11.3. The second-order valence-electron chi connectivity index (χ2n) is 3.61. The maximum Gasteiger partial charge on any atom is 0.213 e. The first-order valence-electron chi connectivity index (χ1n) is 4.98. The highest BCUT2D eigenvalue weighted by atomic mass is 16.5. The van der Waals surface area contributed by atoms with Gasteiger partial charge in [0.05, 0.1) is 13.2 Å². The molecule has 15 heavy (non-hydrogen) atoms. The summed E-state index contributed by atoms with van der Waals surface area (Å²) in [6.45, 7) is 8.24. The van der Waals surface area contributed by atoms with Crippen LogP contribution in [0.25, 0.3) is 0 Å². The number of hydrogen-bond donors (Lipinski definition) is 1. The van der Waals surface area contributed by atoms with Gasteiger partial charge >= 0.3 is 0 Å². The fraction of sp³-hybridized carbons (Fsp3) is 0.417. The number of aliphatic hydroxyl groups is 1. The maximum atomic E-state index is 8.97. The van der Waals surface area contributed by atoms with Crippen LogP contribution in [0.15, 0.2) is 24.3 Å². The van der Waals surface area contributed by atoms with Gasteiger partial charge in [-0.3, -0.25) is 0 Å². The highest BCUT2D eigenvalue weighted by Crippen LogP contribution is 2.12. The van der Waals surface area contributed by atoms with Crippen molar-refractivity contribution in [2.75, 3.05) is 6.61 Å². The molecule has 0 saturated heterocycles. The Bertz CT molecular complexity index is 347. The van der Waals surface area contributed by atoms with E-state index in [9.17, 15) is 0 Å². The lowest BCUT2D eigenvalue weighted by atomic mass is 10.2. The van der Waals surface area contributed by atoms with E-state index in [4.69, 9.17) is 9.84 Å². The number of hydrogen-bond acceptors (Lipinski definition) is 3. The molecule has 0 fully saturated rings. The number of aryl methyl sites for hydroxylation is 1. The summed E-state index contributed by atoms with van der Waals surface area (Å²) in [6.07, 6.45) is 0.836. The number of pyridine rings is 1. The van der Waals surface area contributed by atoms with E-state index in [1.165, 1.54) is 0 Å². The molecule has 3 nitrogen and oxygen atoms in total. The lowest BCUT2D eigenvalue weighted by molar-refractivity contribution is 0.278. The van der Waals surface area contributed by atoms with E-state index in [-0.39, 0.29) is 6.61 Å². The second-order valence-corrected chi connectivity index (χ2v) is 3.61. The molecule has 1 aromatic heterocycles. The molecule has 0 radical (unpaired) electrons. The Labute approximate surface area is 90.4 Å². The molecule has 0 bridgehead atoms. The van der Waals surface area contributed by atoms with Crippen molar-refractivity contribution in [3.63, 3.8) is 0 Å². The van der Waals surface area contributed by atoms with Crippen LogP contribution in [-0.2, 0) is 6.61 Å². The van der Waals surface area contributed by atoms with Crippen LogP contribution >= 0.6 is 0 Å². The monoisotopic (exact) mass is 207 g/mol. The molecule has 1 aromatic rings. The van der Waals surface area contributed by atoms with E-state index in [1.54, 1.807) is 6.07 Å². The Morgan fingerprint density at radius 1 is 1.53 bits per heavy atom. The maximum absolute atomic E-state index is 8.97. The van der Waals surface area contributed by atoms with Gasteiger partial charge in [0.1, 0.15) is 0 Å². The summed E-state index contributed by atoms with van der Waals surface area (Å²) in [6, 6.07) is 3.61. The topological polar surface area (TPSA) is 42.4 Å². The molecule has 0 spiro atoms. The van der Waals surface area contributed by atoms with Gasteiger partial charge in [0.2, 0.25) is 5.88 Å². The van der Waals surface area contributed by atoms with Gasteiger partial charge in [-0.15, -0.1) is 6.58 Å². The Morgan fingerprint density at radius 2 is 2.27 bits per heavy atom. The number of rotatable bonds is 5. The van der Waals surface area contributed by atoms with Crippen LogP contribution in [0.5, 0.6) is 5.88 Å². The fourth-order valence-corrected chi connectivity index (χ4v) is 1.14. The zero-order valence-corrected chi connectivity index (χ0v) is 9.29. The molecular formula is C12H17NO2. The molecule has 3 heteroatoms. The summed E-state index contributed by atoms with van der Waals surface area (Å²) < 4.78 is 5.44. The highest BCUT2D eigenvalue weighted by molar-refractivity contribution is 5.24. The van der Waals surface area contributed by atoms with Gasteiger partial charge in [-0.25, -0.2) is 4.98 Å². The minimum atomic E-state index is 0.0187. The largest absolute Gasteiger partial charge is 0.477 e. The van der Waals surface area contributed by atoms with Crippen LogP contribution in [0.1, 0.15) is 24.6 Å². The zero-order valence-electron chi connectivity index (χ0n) is 9.29. The standard InChI is InChI=1S/C12H17NO2/c1-9(2)6-7-15-12-5-4-11(8-14)10(3)13-12/h4-5,14H,1,6-8H2,2-3H3. The van der Waals surface area contributed by atoms with Crippen molar-refractivity contribution < 1.29 is 9.84 Å². The van der Waals surface area contributed by atoms with Crippen molar-refractivity contribution in [2.24, 2.45) is 0 Å². The van der Waals surface area contributed by atoms with E-state index in [0.717, 1.165) is 23.3 Å². The molecule has 0 unspecified atom stereocenters. The van der Waals surface area contributed by atoms with Gasteiger partial charge in [0, 0.05) is 18.2 Å². The molecule has 0 aliphatic rings. The Kier molecular flexibility index (Phi) is 4.31. The summed E-state index contributed by atoms with van der Waals surface area (Å²) in [7, 11) is 0. The first-order valence-corrected chi connectivity index (χ1v) is 4.98. The van der Waals surface area contributed by atoms with Crippen molar-refractivity contribution in [3.05, 3.63) is 35.5 Å². The van der Waals surface area contributed by atoms with Gasteiger partial charge < -0.3 is 9.84 Å². The lowest BCUT2D eigenvalue weighted by Gasteiger charge is -2.07. The predicted octanol–water partition coefficient (Wildman–Crippen LogP) is 2.23. The van der Waals surface area contributed by atoms with E-state index < -0.39 is 0 Å². The summed E-state index contributed by atoms with van der Waals surface area (Å²) in [5.41, 5.74) is 2.74. The Balaban J connectivity index is 2.55. The minimum absolute atomic E-state index is 0.0187.